The summed E-state index contributed by atoms with van der Waals surface area (Å²) >= 11 is 0. The molecule has 0 saturated carbocycles. The lowest BCUT2D eigenvalue weighted by Gasteiger charge is -2.29. The average molecular weight is 351 g/mol. The van der Waals surface area contributed by atoms with Crippen molar-refractivity contribution in [2.45, 2.75) is 58.3 Å². The van der Waals surface area contributed by atoms with E-state index in [2.05, 4.69) is 5.32 Å². The van der Waals surface area contributed by atoms with E-state index in [1.165, 1.54) is 0 Å². The Morgan fingerprint density at radius 2 is 1.76 bits per heavy atom. The van der Waals surface area contributed by atoms with Gasteiger partial charge in [-0.25, -0.2) is 9.59 Å². The first kappa shape index (κ1) is 20.5. The topological polar surface area (TPSA) is 102 Å². The summed E-state index contributed by atoms with van der Waals surface area (Å²) in [4.78, 5) is 35.1. The number of carbonyl (C=O) groups is 3. The van der Waals surface area contributed by atoms with Crippen molar-refractivity contribution in [2.75, 3.05) is 0 Å². The summed E-state index contributed by atoms with van der Waals surface area (Å²) in [6.07, 6.45) is -0.300. The first-order valence-corrected chi connectivity index (χ1v) is 8.21. The molecule has 0 heterocycles. The van der Waals surface area contributed by atoms with Crippen molar-refractivity contribution >= 4 is 18.0 Å². The monoisotopic (exact) mass is 351 g/mol. The van der Waals surface area contributed by atoms with Crippen LogP contribution in [0.1, 0.15) is 45.6 Å². The Hall–Kier alpha value is -2.57. The van der Waals surface area contributed by atoms with Gasteiger partial charge in [0, 0.05) is 0 Å². The number of aliphatic carboxylic acids is 1. The van der Waals surface area contributed by atoms with Crippen molar-refractivity contribution in [1.29, 1.82) is 0 Å². The molecule has 0 aliphatic carbocycles. The Bertz CT molecular complexity index is 582. The minimum absolute atomic E-state index is 0.0170. The van der Waals surface area contributed by atoms with E-state index in [1.807, 2.05) is 19.9 Å². The number of amides is 1. The van der Waals surface area contributed by atoms with Gasteiger partial charge in [0.05, 0.1) is 6.42 Å². The molecule has 1 aromatic carbocycles. The van der Waals surface area contributed by atoms with Gasteiger partial charge in [-0.2, -0.15) is 0 Å². The second kappa shape index (κ2) is 9.66. The number of carboxylic acid groups (broad SMARTS) is 1. The molecule has 1 amide bonds. The molecule has 0 spiro atoms. The van der Waals surface area contributed by atoms with E-state index in [9.17, 15) is 14.4 Å². The number of alkyl carbamates (subject to hydrolysis) is 1. The summed E-state index contributed by atoms with van der Waals surface area (Å²) in [5.74, 6) is -2.01. The highest BCUT2D eigenvalue weighted by Gasteiger charge is 2.32. The van der Waals surface area contributed by atoms with E-state index in [4.69, 9.17) is 14.6 Å². The standard InChI is InChI=1S/C18H25NO6/c1-4-18(3,5-2)25-16(22)14(11-15(20)21)19-17(23)24-12-13-9-7-6-8-10-13/h6-10,14H,4-5,11-12H2,1-3H3,(H,19,23)(H,20,21)/t14-/m0/s1. The summed E-state index contributed by atoms with van der Waals surface area (Å²) in [5, 5.41) is 11.2. The third-order valence-electron chi connectivity index (χ3n) is 4.01. The predicted molar refractivity (Wildman–Crippen MR) is 90.9 cm³/mol. The van der Waals surface area contributed by atoms with Gasteiger partial charge in [0.15, 0.2) is 0 Å². The zero-order chi connectivity index (χ0) is 18.9. The van der Waals surface area contributed by atoms with Gasteiger partial charge in [-0.05, 0) is 25.3 Å². The zero-order valence-corrected chi connectivity index (χ0v) is 14.8. The minimum atomic E-state index is -1.31. The number of nitrogens with one attached hydrogen (secondary N) is 1. The molecule has 7 nitrogen and oxygen atoms in total. The number of benzene rings is 1. The Morgan fingerprint density at radius 1 is 1.16 bits per heavy atom. The maximum absolute atomic E-state index is 12.3. The Kier molecular flexibility index (Phi) is 7.91. The molecule has 0 saturated heterocycles. The summed E-state index contributed by atoms with van der Waals surface area (Å²) in [6, 6.07) is 7.70. The number of esters is 1. The van der Waals surface area contributed by atoms with Crippen molar-refractivity contribution in [2.24, 2.45) is 0 Å². The van der Waals surface area contributed by atoms with Gasteiger partial charge in [0.1, 0.15) is 18.2 Å². The number of hydrogen-bond acceptors (Lipinski definition) is 5. The van der Waals surface area contributed by atoms with Gasteiger partial charge in [0.25, 0.3) is 0 Å². The third-order valence-corrected chi connectivity index (χ3v) is 4.01. The highest BCUT2D eigenvalue weighted by Crippen LogP contribution is 2.20. The molecule has 0 bridgehead atoms. The molecule has 0 radical (unpaired) electrons. The molecule has 138 valence electrons. The third kappa shape index (κ3) is 7.24. The Labute approximate surface area is 147 Å². The van der Waals surface area contributed by atoms with Gasteiger partial charge in [0.2, 0.25) is 0 Å². The van der Waals surface area contributed by atoms with Crippen LogP contribution in [0.25, 0.3) is 0 Å². The van der Waals surface area contributed by atoms with E-state index in [0.29, 0.717) is 12.8 Å². The van der Waals surface area contributed by atoms with Crippen LogP contribution in [0, 0.1) is 0 Å². The highest BCUT2D eigenvalue weighted by atomic mass is 16.6. The fraction of sp³-hybridized carbons (Fsp3) is 0.500. The van der Waals surface area contributed by atoms with Gasteiger partial charge in [-0.3, -0.25) is 4.79 Å². The maximum Gasteiger partial charge on any atom is 0.408 e. The second-order valence-corrected chi connectivity index (χ2v) is 5.93. The molecule has 1 atom stereocenters. The summed E-state index contributed by atoms with van der Waals surface area (Å²) < 4.78 is 10.4. The molecule has 7 heteroatoms. The number of ether oxygens (including phenoxy) is 2. The van der Waals surface area contributed by atoms with E-state index >= 15 is 0 Å². The Morgan fingerprint density at radius 3 is 2.28 bits per heavy atom. The van der Waals surface area contributed by atoms with Crippen molar-refractivity contribution in [3.8, 4) is 0 Å². The molecule has 0 aromatic heterocycles. The van der Waals surface area contributed by atoms with Crippen LogP contribution in [-0.2, 0) is 25.7 Å². The molecule has 1 aromatic rings. The normalized spacial score (nSPS) is 12.1. The molecule has 0 unspecified atom stereocenters. The number of carboxylic acids is 1. The van der Waals surface area contributed by atoms with Crippen LogP contribution in [-0.4, -0.2) is 34.8 Å². The predicted octanol–water partition coefficient (Wildman–Crippen LogP) is 2.88. The largest absolute Gasteiger partial charge is 0.481 e. The first-order valence-electron chi connectivity index (χ1n) is 8.21. The fourth-order valence-electron chi connectivity index (χ4n) is 1.98. The molecule has 0 fully saturated rings. The summed E-state index contributed by atoms with van der Waals surface area (Å²) in [6.45, 7) is 5.51. The molecule has 0 aliphatic heterocycles. The molecule has 0 aliphatic rings. The van der Waals surface area contributed by atoms with Crippen LogP contribution in [0.3, 0.4) is 0 Å². The van der Waals surface area contributed by atoms with Crippen LogP contribution in [0.5, 0.6) is 0 Å². The molecular formula is C18H25NO6. The lowest BCUT2D eigenvalue weighted by molar-refractivity contribution is -0.163. The van der Waals surface area contributed by atoms with Crippen molar-refractivity contribution in [3.63, 3.8) is 0 Å². The van der Waals surface area contributed by atoms with Crippen LogP contribution >= 0.6 is 0 Å². The Balaban J connectivity index is 2.66. The van der Waals surface area contributed by atoms with Crippen molar-refractivity contribution in [1.82, 2.24) is 5.32 Å². The lowest BCUT2D eigenvalue weighted by atomic mass is 10.00. The summed E-state index contributed by atoms with van der Waals surface area (Å²) in [7, 11) is 0. The SMILES string of the molecule is CCC(C)(CC)OC(=O)[C@H](CC(=O)O)NC(=O)OCc1ccccc1. The van der Waals surface area contributed by atoms with Crippen LogP contribution in [0.15, 0.2) is 30.3 Å². The van der Waals surface area contributed by atoms with Gasteiger partial charge in [-0.15, -0.1) is 0 Å². The van der Waals surface area contributed by atoms with Crippen LogP contribution in [0.2, 0.25) is 0 Å². The highest BCUT2D eigenvalue weighted by molar-refractivity contribution is 5.86. The van der Waals surface area contributed by atoms with E-state index < -0.39 is 36.1 Å². The van der Waals surface area contributed by atoms with E-state index in [-0.39, 0.29) is 6.61 Å². The van der Waals surface area contributed by atoms with Crippen LogP contribution in [0.4, 0.5) is 4.79 Å². The zero-order valence-electron chi connectivity index (χ0n) is 14.8. The van der Waals surface area contributed by atoms with Gasteiger partial charge in [-0.1, -0.05) is 44.2 Å². The molecule has 25 heavy (non-hydrogen) atoms. The fourth-order valence-corrected chi connectivity index (χ4v) is 1.98. The van der Waals surface area contributed by atoms with Crippen molar-refractivity contribution in [3.05, 3.63) is 35.9 Å². The second-order valence-electron chi connectivity index (χ2n) is 5.93. The van der Waals surface area contributed by atoms with Crippen molar-refractivity contribution < 1.29 is 29.0 Å². The lowest BCUT2D eigenvalue weighted by Crippen LogP contribution is -2.46. The number of hydrogen-bond donors (Lipinski definition) is 2. The van der Waals surface area contributed by atoms with Crippen LogP contribution < -0.4 is 5.32 Å². The van der Waals surface area contributed by atoms with Gasteiger partial charge < -0.3 is 19.9 Å². The summed E-state index contributed by atoms with van der Waals surface area (Å²) in [5.41, 5.74) is 0.0725. The van der Waals surface area contributed by atoms with Gasteiger partial charge >= 0.3 is 18.0 Å². The molecular weight excluding hydrogens is 326 g/mol. The number of rotatable bonds is 9. The minimum Gasteiger partial charge on any atom is -0.481 e. The maximum atomic E-state index is 12.3. The van der Waals surface area contributed by atoms with E-state index in [0.717, 1.165) is 5.56 Å². The van der Waals surface area contributed by atoms with E-state index in [1.54, 1.807) is 31.2 Å². The first-order chi connectivity index (χ1) is 11.8. The quantitative estimate of drug-likeness (QED) is 0.663. The molecule has 2 N–H and O–H groups in total. The number of carbonyl (C=O) groups excluding carboxylic acids is 2. The average Bonchev–Trinajstić information content (AvgIpc) is 2.59. The smallest absolute Gasteiger partial charge is 0.408 e. The molecule has 1 rings (SSSR count).